The molecule has 1 aliphatic heterocycles. The molecule has 0 amide bonds. The fourth-order valence-corrected chi connectivity index (χ4v) is 3.80. The quantitative estimate of drug-likeness (QED) is 0.601. The van der Waals surface area contributed by atoms with Gasteiger partial charge < -0.3 is 14.6 Å². The summed E-state index contributed by atoms with van der Waals surface area (Å²) in [6.45, 7) is 1.51. The van der Waals surface area contributed by atoms with Crippen molar-refractivity contribution in [2.45, 2.75) is 25.3 Å². The highest BCUT2D eigenvalue weighted by Crippen LogP contribution is 2.28. The molecular formula is C20H20N6O. The number of hydrogen-bond donors (Lipinski definition) is 1. The molecule has 0 unspecified atom stereocenters. The molecule has 5 rings (SSSR count). The Kier molecular flexibility index (Phi) is 4.04. The number of pyridine rings is 1. The Hall–Kier alpha value is -3.22. The first-order valence-electron chi connectivity index (χ1n) is 9.27. The van der Waals surface area contributed by atoms with Crippen molar-refractivity contribution >= 4 is 27.8 Å². The van der Waals surface area contributed by atoms with Crippen LogP contribution in [-0.2, 0) is 0 Å². The highest BCUT2D eigenvalue weighted by molar-refractivity contribution is 5.86. The molecule has 0 radical (unpaired) electrons. The number of hydrogen-bond acceptors (Lipinski definition) is 6. The summed E-state index contributed by atoms with van der Waals surface area (Å²) in [5, 5.41) is 2.18. The molecule has 1 atom stereocenters. The monoisotopic (exact) mass is 360 g/mol. The minimum Gasteiger partial charge on any atom is -0.475 e. The maximum Gasteiger partial charge on any atom is 0.221 e. The second-order valence-corrected chi connectivity index (χ2v) is 6.79. The molecule has 7 heteroatoms. The summed E-state index contributed by atoms with van der Waals surface area (Å²) in [5.41, 5.74) is 1.58. The van der Waals surface area contributed by atoms with Gasteiger partial charge in [0.2, 0.25) is 5.88 Å². The van der Waals surface area contributed by atoms with Crippen molar-refractivity contribution in [3.05, 3.63) is 49.2 Å². The molecular weight excluding hydrogens is 340 g/mol. The molecule has 1 N–H and O–H groups in total. The van der Waals surface area contributed by atoms with Crippen LogP contribution < -0.4 is 9.64 Å². The third-order valence-electron chi connectivity index (χ3n) is 5.15. The number of nitrogens with one attached hydrogen (secondary N) is 1. The first-order chi connectivity index (χ1) is 13.4. The lowest BCUT2D eigenvalue weighted by Crippen LogP contribution is -2.44. The van der Waals surface area contributed by atoms with Gasteiger partial charge in [0, 0.05) is 18.1 Å². The third kappa shape index (κ3) is 2.95. The lowest BCUT2D eigenvalue weighted by Gasteiger charge is -2.36. The van der Waals surface area contributed by atoms with Crippen LogP contribution in [0.2, 0.25) is 0 Å². The van der Waals surface area contributed by atoms with Crippen LogP contribution in [-0.4, -0.2) is 44.1 Å². The predicted molar refractivity (Wildman–Crippen MR) is 104 cm³/mol. The zero-order valence-corrected chi connectivity index (χ0v) is 14.9. The number of fused-ring (bicyclic) bond motifs is 2. The summed E-state index contributed by atoms with van der Waals surface area (Å²) < 4.78 is 6.18. The van der Waals surface area contributed by atoms with Crippen LogP contribution in [0.4, 0.5) is 5.82 Å². The van der Waals surface area contributed by atoms with Crippen LogP contribution in [0.25, 0.3) is 21.9 Å². The topological polar surface area (TPSA) is 79.8 Å². The number of benzene rings is 1. The SMILES string of the molecule is c1ccc2c(OC[C@H]3CCCCN3c3ncnc4[nH]cnc34)nccc2c1. The molecule has 0 spiro atoms. The number of aromatic nitrogens is 5. The van der Waals surface area contributed by atoms with Gasteiger partial charge in [0.15, 0.2) is 11.5 Å². The van der Waals surface area contributed by atoms with E-state index in [4.69, 9.17) is 4.74 Å². The Balaban J connectivity index is 1.42. The molecule has 7 nitrogen and oxygen atoms in total. The molecule has 1 aromatic carbocycles. The Bertz CT molecular complexity index is 1070. The van der Waals surface area contributed by atoms with E-state index in [1.54, 1.807) is 18.9 Å². The first kappa shape index (κ1) is 16.0. The van der Waals surface area contributed by atoms with Crippen molar-refractivity contribution in [1.29, 1.82) is 0 Å². The predicted octanol–water partition coefficient (Wildman–Crippen LogP) is 3.34. The number of nitrogens with zero attached hydrogens (tertiary/aromatic N) is 5. The largest absolute Gasteiger partial charge is 0.475 e. The van der Waals surface area contributed by atoms with E-state index in [9.17, 15) is 0 Å². The van der Waals surface area contributed by atoms with Gasteiger partial charge >= 0.3 is 0 Å². The summed E-state index contributed by atoms with van der Waals surface area (Å²) >= 11 is 0. The number of aromatic amines is 1. The zero-order valence-electron chi connectivity index (χ0n) is 14.9. The molecule has 0 aliphatic carbocycles. The van der Waals surface area contributed by atoms with Crippen molar-refractivity contribution < 1.29 is 4.74 Å². The molecule has 1 saturated heterocycles. The molecule has 3 aromatic heterocycles. The number of ether oxygens (including phenoxy) is 1. The van der Waals surface area contributed by atoms with Gasteiger partial charge in [-0.2, -0.15) is 0 Å². The van der Waals surface area contributed by atoms with E-state index in [2.05, 4.69) is 35.9 Å². The summed E-state index contributed by atoms with van der Waals surface area (Å²) in [5.74, 6) is 1.56. The van der Waals surface area contributed by atoms with Gasteiger partial charge in [0.1, 0.15) is 18.5 Å². The number of anilines is 1. The second-order valence-electron chi connectivity index (χ2n) is 6.79. The standard InChI is InChI=1S/C20H20N6O/c1-2-7-16-14(5-1)8-9-21-20(16)27-11-15-6-3-4-10-26(15)19-17-18(23-12-22-17)24-13-25-19/h1-2,5,7-9,12-13,15H,3-4,6,10-11H2,(H,22,23,24,25)/t15-/m1/s1. The van der Waals surface area contributed by atoms with E-state index in [1.165, 1.54) is 6.42 Å². The van der Waals surface area contributed by atoms with Crippen LogP contribution >= 0.6 is 0 Å². The third-order valence-corrected chi connectivity index (χ3v) is 5.15. The fraction of sp³-hybridized carbons (Fsp3) is 0.300. The van der Waals surface area contributed by atoms with E-state index in [0.29, 0.717) is 12.5 Å². The highest BCUT2D eigenvalue weighted by atomic mass is 16.5. The number of H-pyrrole nitrogens is 1. The van der Waals surface area contributed by atoms with E-state index < -0.39 is 0 Å². The maximum atomic E-state index is 6.18. The van der Waals surface area contributed by atoms with E-state index in [-0.39, 0.29) is 6.04 Å². The van der Waals surface area contributed by atoms with Crippen molar-refractivity contribution in [2.75, 3.05) is 18.1 Å². The minimum atomic E-state index is 0.231. The van der Waals surface area contributed by atoms with Crippen LogP contribution in [0.15, 0.2) is 49.2 Å². The lowest BCUT2D eigenvalue weighted by molar-refractivity contribution is 0.254. The van der Waals surface area contributed by atoms with Crippen molar-refractivity contribution in [3.63, 3.8) is 0 Å². The molecule has 4 heterocycles. The van der Waals surface area contributed by atoms with Crippen LogP contribution in [0.1, 0.15) is 19.3 Å². The van der Waals surface area contributed by atoms with Crippen molar-refractivity contribution in [2.24, 2.45) is 0 Å². The van der Waals surface area contributed by atoms with E-state index in [1.807, 2.05) is 24.3 Å². The molecule has 4 aromatic rings. The van der Waals surface area contributed by atoms with Gasteiger partial charge in [-0.25, -0.2) is 19.9 Å². The Labute approximate surface area is 156 Å². The summed E-state index contributed by atoms with van der Waals surface area (Å²) in [4.78, 5) is 23.0. The van der Waals surface area contributed by atoms with Gasteiger partial charge in [0.05, 0.1) is 12.4 Å². The average Bonchev–Trinajstić information content (AvgIpc) is 3.21. The van der Waals surface area contributed by atoms with Crippen LogP contribution in [0, 0.1) is 0 Å². The van der Waals surface area contributed by atoms with Crippen molar-refractivity contribution in [1.82, 2.24) is 24.9 Å². The Morgan fingerprint density at radius 2 is 2.04 bits per heavy atom. The van der Waals surface area contributed by atoms with E-state index >= 15 is 0 Å². The number of imidazole rings is 1. The highest BCUT2D eigenvalue weighted by Gasteiger charge is 2.27. The van der Waals surface area contributed by atoms with Gasteiger partial charge in [-0.3, -0.25) is 0 Å². The average molecular weight is 360 g/mol. The summed E-state index contributed by atoms with van der Waals surface area (Å²) in [7, 11) is 0. The van der Waals surface area contributed by atoms with Gasteiger partial charge in [-0.15, -0.1) is 0 Å². The molecule has 136 valence electrons. The number of piperidine rings is 1. The van der Waals surface area contributed by atoms with Crippen molar-refractivity contribution in [3.8, 4) is 5.88 Å². The maximum absolute atomic E-state index is 6.18. The lowest BCUT2D eigenvalue weighted by atomic mass is 10.0. The number of rotatable bonds is 4. The Morgan fingerprint density at radius 1 is 1.07 bits per heavy atom. The Morgan fingerprint density at radius 3 is 3.04 bits per heavy atom. The normalized spacial score (nSPS) is 17.5. The van der Waals surface area contributed by atoms with Gasteiger partial charge in [0.25, 0.3) is 0 Å². The zero-order chi connectivity index (χ0) is 18.1. The minimum absolute atomic E-state index is 0.231. The summed E-state index contributed by atoms with van der Waals surface area (Å²) in [6, 6.07) is 10.4. The van der Waals surface area contributed by atoms with Gasteiger partial charge in [-0.1, -0.05) is 18.2 Å². The van der Waals surface area contributed by atoms with Gasteiger partial charge in [-0.05, 0) is 36.8 Å². The van der Waals surface area contributed by atoms with Crippen LogP contribution in [0.3, 0.4) is 0 Å². The first-order valence-corrected chi connectivity index (χ1v) is 9.27. The smallest absolute Gasteiger partial charge is 0.221 e. The molecule has 1 fully saturated rings. The fourth-order valence-electron chi connectivity index (χ4n) is 3.80. The molecule has 0 saturated carbocycles. The summed E-state index contributed by atoms with van der Waals surface area (Å²) in [6.07, 6.45) is 8.43. The van der Waals surface area contributed by atoms with E-state index in [0.717, 1.165) is 47.1 Å². The molecule has 27 heavy (non-hydrogen) atoms. The molecule has 1 aliphatic rings. The molecule has 0 bridgehead atoms. The second kappa shape index (κ2) is 6.83. The van der Waals surface area contributed by atoms with Crippen LogP contribution in [0.5, 0.6) is 5.88 Å².